The van der Waals surface area contributed by atoms with E-state index in [2.05, 4.69) is 38.5 Å². The first kappa shape index (κ1) is 20.9. The smallest absolute Gasteiger partial charge is 0.258 e. The maximum absolute atomic E-state index is 12.3. The molecule has 0 saturated heterocycles. The number of halogens is 1. The summed E-state index contributed by atoms with van der Waals surface area (Å²) in [5.74, 6) is -0.441. The van der Waals surface area contributed by atoms with Gasteiger partial charge in [-0.2, -0.15) is 0 Å². The Balaban J connectivity index is 1.57. The lowest BCUT2D eigenvalue weighted by Crippen LogP contribution is -2.34. The van der Waals surface area contributed by atoms with Gasteiger partial charge < -0.3 is 10.6 Å². The van der Waals surface area contributed by atoms with Gasteiger partial charge in [0.15, 0.2) is 5.11 Å². The monoisotopic (exact) mass is 515 g/mol. The fourth-order valence-electron chi connectivity index (χ4n) is 2.60. The minimum Gasteiger partial charge on any atom is -0.332 e. The van der Waals surface area contributed by atoms with Crippen LogP contribution in [0.4, 0.5) is 11.4 Å². The van der Waals surface area contributed by atoms with Crippen LogP contribution < -0.4 is 16.0 Å². The molecule has 3 aromatic carbocycles. The summed E-state index contributed by atoms with van der Waals surface area (Å²) in [7, 11) is 0. The zero-order valence-corrected chi connectivity index (χ0v) is 18.5. The van der Waals surface area contributed by atoms with Crippen molar-refractivity contribution in [2.24, 2.45) is 0 Å². The molecule has 0 unspecified atom stereocenters. The molecule has 0 radical (unpaired) electrons. The number of thiocarbonyl (C=S) groups is 1. The minimum atomic E-state index is -0.269. The van der Waals surface area contributed by atoms with E-state index in [1.54, 1.807) is 42.5 Å². The molecule has 146 valence electrons. The highest BCUT2D eigenvalue weighted by atomic mass is 127. The Morgan fingerprint density at radius 1 is 0.828 bits per heavy atom. The first-order chi connectivity index (χ1) is 13.9. The molecule has 3 N–H and O–H groups in total. The molecule has 0 aliphatic carbocycles. The van der Waals surface area contributed by atoms with Crippen LogP contribution in [0.25, 0.3) is 0 Å². The maximum Gasteiger partial charge on any atom is 0.258 e. The average molecular weight is 515 g/mol. The maximum atomic E-state index is 12.3. The van der Waals surface area contributed by atoms with Crippen molar-refractivity contribution in [1.29, 1.82) is 0 Å². The predicted octanol–water partition coefficient (Wildman–Crippen LogP) is 4.98. The summed E-state index contributed by atoms with van der Waals surface area (Å²) in [6.45, 7) is 1.94. The topological polar surface area (TPSA) is 70.2 Å². The zero-order chi connectivity index (χ0) is 20.8. The van der Waals surface area contributed by atoms with Gasteiger partial charge in [0, 0.05) is 20.5 Å². The summed E-state index contributed by atoms with van der Waals surface area (Å²) in [6, 6.07) is 21.7. The lowest BCUT2D eigenvalue weighted by Gasteiger charge is -2.11. The molecule has 3 rings (SSSR count). The molecule has 2 amide bonds. The number of nitrogens with one attached hydrogen (secondary N) is 3. The number of anilines is 2. The van der Waals surface area contributed by atoms with Crippen LogP contribution in [0.2, 0.25) is 0 Å². The van der Waals surface area contributed by atoms with Crippen LogP contribution in [0.15, 0.2) is 72.8 Å². The Labute approximate surface area is 188 Å². The number of hydrogen-bond donors (Lipinski definition) is 3. The molecule has 0 aromatic heterocycles. The molecule has 0 aliphatic rings. The van der Waals surface area contributed by atoms with Gasteiger partial charge in [0.25, 0.3) is 11.8 Å². The van der Waals surface area contributed by atoms with Crippen LogP contribution in [0.3, 0.4) is 0 Å². The first-order valence-electron chi connectivity index (χ1n) is 8.77. The fourth-order valence-corrected chi connectivity index (χ4v) is 3.45. The van der Waals surface area contributed by atoms with E-state index in [9.17, 15) is 9.59 Å². The van der Waals surface area contributed by atoms with Crippen molar-refractivity contribution in [3.05, 3.63) is 93.1 Å². The molecule has 3 aromatic rings. The molecule has 0 atom stereocenters. The summed E-state index contributed by atoms with van der Waals surface area (Å²) in [5.41, 5.74) is 3.55. The van der Waals surface area contributed by atoms with Gasteiger partial charge in [-0.3, -0.25) is 14.9 Å². The average Bonchev–Trinajstić information content (AvgIpc) is 2.69. The first-order valence-corrected chi connectivity index (χ1v) is 10.3. The van der Waals surface area contributed by atoms with Crippen LogP contribution in [0.1, 0.15) is 26.3 Å². The Bertz CT molecular complexity index is 1070. The Morgan fingerprint density at radius 2 is 1.48 bits per heavy atom. The standard InChI is InChI=1S/C22H18IN3O2S/c1-14-5-4-6-15(13-14)20(27)24-16-9-11-17(12-10-16)25-22(29)26-21(28)18-7-2-3-8-19(18)23/h2-13H,1H3,(H,24,27)(H2,25,26,28,29). The van der Waals surface area contributed by atoms with E-state index in [4.69, 9.17) is 12.2 Å². The number of carbonyl (C=O) groups is 2. The van der Waals surface area contributed by atoms with Gasteiger partial charge in [-0.05, 0) is 90.3 Å². The fraction of sp³-hybridized carbons (Fsp3) is 0.0455. The number of hydrogen-bond acceptors (Lipinski definition) is 3. The van der Waals surface area contributed by atoms with Crippen molar-refractivity contribution in [2.75, 3.05) is 10.6 Å². The molecule has 0 bridgehead atoms. The van der Waals surface area contributed by atoms with Gasteiger partial charge in [0.2, 0.25) is 0 Å². The van der Waals surface area contributed by atoms with E-state index in [0.717, 1.165) is 9.13 Å². The normalized spacial score (nSPS) is 10.1. The second kappa shape index (κ2) is 9.62. The van der Waals surface area contributed by atoms with Crippen LogP contribution >= 0.6 is 34.8 Å². The molecule has 0 heterocycles. The second-order valence-electron chi connectivity index (χ2n) is 6.29. The summed E-state index contributed by atoms with van der Waals surface area (Å²) in [4.78, 5) is 24.6. The van der Waals surface area contributed by atoms with E-state index in [1.807, 2.05) is 37.3 Å². The summed E-state index contributed by atoms with van der Waals surface area (Å²) < 4.78 is 0.846. The minimum absolute atomic E-state index is 0.172. The molecule has 5 nitrogen and oxygen atoms in total. The highest BCUT2D eigenvalue weighted by Crippen LogP contribution is 2.16. The second-order valence-corrected chi connectivity index (χ2v) is 7.86. The lowest BCUT2D eigenvalue weighted by atomic mass is 10.1. The number of benzene rings is 3. The van der Waals surface area contributed by atoms with Crippen molar-refractivity contribution < 1.29 is 9.59 Å². The van der Waals surface area contributed by atoms with Crippen LogP contribution in [-0.2, 0) is 0 Å². The van der Waals surface area contributed by atoms with E-state index in [1.165, 1.54) is 0 Å². The Kier molecular flexibility index (Phi) is 6.95. The number of amides is 2. The van der Waals surface area contributed by atoms with Crippen LogP contribution in [0, 0.1) is 10.5 Å². The Morgan fingerprint density at radius 3 is 2.14 bits per heavy atom. The van der Waals surface area contributed by atoms with Gasteiger partial charge in [-0.25, -0.2) is 0 Å². The summed E-state index contributed by atoms with van der Waals surface area (Å²) >= 11 is 7.32. The predicted molar refractivity (Wildman–Crippen MR) is 128 cm³/mol. The quantitative estimate of drug-likeness (QED) is 0.339. The Hall–Kier alpha value is -2.78. The molecule has 0 spiro atoms. The highest BCUT2D eigenvalue weighted by molar-refractivity contribution is 14.1. The van der Waals surface area contributed by atoms with E-state index in [0.29, 0.717) is 22.5 Å². The number of carbonyl (C=O) groups excluding carboxylic acids is 2. The van der Waals surface area contributed by atoms with E-state index >= 15 is 0 Å². The zero-order valence-electron chi connectivity index (χ0n) is 15.5. The van der Waals surface area contributed by atoms with Crippen molar-refractivity contribution in [3.63, 3.8) is 0 Å². The SMILES string of the molecule is Cc1cccc(C(=O)Nc2ccc(NC(=S)NC(=O)c3ccccc3I)cc2)c1. The van der Waals surface area contributed by atoms with E-state index < -0.39 is 0 Å². The van der Waals surface area contributed by atoms with Gasteiger partial charge in [-0.1, -0.05) is 29.8 Å². The number of rotatable bonds is 4. The van der Waals surface area contributed by atoms with Crippen molar-refractivity contribution in [3.8, 4) is 0 Å². The largest absolute Gasteiger partial charge is 0.332 e. The highest BCUT2D eigenvalue weighted by Gasteiger charge is 2.11. The van der Waals surface area contributed by atoms with Gasteiger partial charge in [0.1, 0.15) is 0 Å². The van der Waals surface area contributed by atoms with Gasteiger partial charge >= 0.3 is 0 Å². The molecule has 0 aliphatic heterocycles. The third kappa shape index (κ3) is 5.85. The number of aryl methyl sites for hydroxylation is 1. The molecular formula is C22H18IN3O2S. The van der Waals surface area contributed by atoms with Crippen LogP contribution in [-0.4, -0.2) is 16.9 Å². The van der Waals surface area contributed by atoms with Crippen molar-refractivity contribution in [1.82, 2.24) is 5.32 Å². The molecule has 7 heteroatoms. The van der Waals surface area contributed by atoms with Crippen molar-refractivity contribution >= 4 is 63.1 Å². The molecule has 0 fully saturated rings. The third-order valence-electron chi connectivity index (χ3n) is 4.03. The van der Waals surface area contributed by atoms with Crippen molar-refractivity contribution in [2.45, 2.75) is 6.92 Å². The molecular weight excluding hydrogens is 497 g/mol. The van der Waals surface area contributed by atoms with Gasteiger partial charge in [0.05, 0.1) is 5.56 Å². The summed E-state index contributed by atoms with van der Waals surface area (Å²) in [6.07, 6.45) is 0. The van der Waals surface area contributed by atoms with Crippen LogP contribution in [0.5, 0.6) is 0 Å². The summed E-state index contributed by atoms with van der Waals surface area (Å²) in [5, 5.41) is 8.69. The third-order valence-corrected chi connectivity index (χ3v) is 5.17. The van der Waals surface area contributed by atoms with E-state index in [-0.39, 0.29) is 16.9 Å². The molecule has 0 saturated carbocycles. The molecule has 29 heavy (non-hydrogen) atoms. The lowest BCUT2D eigenvalue weighted by molar-refractivity contribution is 0.0975. The van der Waals surface area contributed by atoms with Gasteiger partial charge in [-0.15, -0.1) is 0 Å².